The van der Waals surface area contributed by atoms with Crippen LogP contribution in [0.2, 0.25) is 0 Å². The van der Waals surface area contributed by atoms with Crippen molar-refractivity contribution >= 4 is 37.5 Å². The van der Waals surface area contributed by atoms with Gasteiger partial charge in [0.1, 0.15) is 5.75 Å². The van der Waals surface area contributed by atoms with Crippen LogP contribution in [0.25, 0.3) is 0 Å². The van der Waals surface area contributed by atoms with Gasteiger partial charge in [-0.1, -0.05) is 22.0 Å². The van der Waals surface area contributed by atoms with Crippen molar-refractivity contribution in [1.82, 2.24) is 9.21 Å². The molecule has 0 unspecified atom stereocenters. The van der Waals surface area contributed by atoms with E-state index in [2.05, 4.69) is 21.2 Å². The Morgan fingerprint density at radius 1 is 1.11 bits per heavy atom. The lowest BCUT2D eigenvalue weighted by atomic mass is 10.3. The molecule has 2 aromatic carbocycles. The number of methoxy groups -OCH3 is 1. The van der Waals surface area contributed by atoms with Gasteiger partial charge in [-0.3, -0.25) is 9.69 Å². The van der Waals surface area contributed by atoms with Crippen LogP contribution in [0.3, 0.4) is 0 Å². The predicted molar refractivity (Wildman–Crippen MR) is 111 cm³/mol. The van der Waals surface area contributed by atoms with Crippen molar-refractivity contribution in [2.75, 3.05) is 45.2 Å². The highest BCUT2D eigenvalue weighted by molar-refractivity contribution is 9.10. The summed E-state index contributed by atoms with van der Waals surface area (Å²) in [5.41, 5.74) is 0.696. The molecule has 0 radical (unpaired) electrons. The number of sulfonamides is 1. The van der Waals surface area contributed by atoms with Crippen molar-refractivity contribution in [3.8, 4) is 5.75 Å². The standard InChI is InChI=1S/C19H22BrN3O4S/c1-27-17-7-5-16(6-8-17)21-19(24)14-22-9-11-23(12-10-22)28(25,26)18-4-2-3-15(20)13-18/h2-8,13H,9-12,14H2,1H3,(H,21,24). The molecule has 3 rings (SSSR count). The maximum Gasteiger partial charge on any atom is 0.243 e. The summed E-state index contributed by atoms with van der Waals surface area (Å²) in [4.78, 5) is 14.5. The predicted octanol–water partition coefficient (Wildman–Crippen LogP) is 2.40. The molecule has 2 aromatic rings. The second-order valence-corrected chi connectivity index (χ2v) is 9.27. The topological polar surface area (TPSA) is 79.0 Å². The van der Waals surface area contributed by atoms with Crippen molar-refractivity contribution in [2.45, 2.75) is 4.90 Å². The van der Waals surface area contributed by atoms with Crippen LogP contribution in [0.4, 0.5) is 5.69 Å². The number of piperazine rings is 1. The second-order valence-electron chi connectivity index (χ2n) is 6.41. The van der Waals surface area contributed by atoms with E-state index in [-0.39, 0.29) is 17.3 Å². The Bertz CT molecular complexity index is 926. The number of benzene rings is 2. The van der Waals surface area contributed by atoms with Crippen LogP contribution in [-0.2, 0) is 14.8 Å². The van der Waals surface area contributed by atoms with Crippen molar-refractivity contribution in [2.24, 2.45) is 0 Å². The monoisotopic (exact) mass is 467 g/mol. The normalized spacial score (nSPS) is 15.9. The molecular weight excluding hydrogens is 446 g/mol. The van der Waals surface area contributed by atoms with Crippen molar-refractivity contribution < 1.29 is 17.9 Å². The van der Waals surface area contributed by atoms with Gasteiger partial charge in [0, 0.05) is 36.3 Å². The van der Waals surface area contributed by atoms with Crippen molar-refractivity contribution in [3.63, 3.8) is 0 Å². The number of nitrogens with zero attached hydrogens (tertiary/aromatic N) is 2. The Hall–Kier alpha value is -1.94. The largest absolute Gasteiger partial charge is 0.497 e. The fraction of sp³-hybridized carbons (Fsp3) is 0.316. The minimum atomic E-state index is -3.53. The quantitative estimate of drug-likeness (QED) is 0.705. The van der Waals surface area contributed by atoms with E-state index in [1.165, 1.54) is 4.31 Å². The second kappa shape index (κ2) is 9.04. The van der Waals surface area contributed by atoms with E-state index in [0.29, 0.717) is 31.9 Å². The summed E-state index contributed by atoms with van der Waals surface area (Å²) in [6.45, 7) is 1.93. The number of hydrogen-bond donors (Lipinski definition) is 1. The third-order valence-electron chi connectivity index (χ3n) is 4.51. The molecule has 1 aliphatic heterocycles. The first kappa shape index (κ1) is 20.8. The molecule has 0 bridgehead atoms. The molecular formula is C19H22BrN3O4S. The van der Waals surface area contributed by atoms with Gasteiger partial charge in [-0.15, -0.1) is 0 Å². The minimum Gasteiger partial charge on any atom is -0.497 e. The number of carbonyl (C=O) groups excluding carboxylic acids is 1. The summed E-state index contributed by atoms with van der Waals surface area (Å²) >= 11 is 3.31. The number of anilines is 1. The van der Waals surface area contributed by atoms with Crippen molar-refractivity contribution in [1.29, 1.82) is 0 Å². The molecule has 150 valence electrons. The molecule has 0 saturated carbocycles. The van der Waals surface area contributed by atoms with E-state index in [0.717, 1.165) is 10.2 Å². The van der Waals surface area contributed by atoms with Crippen LogP contribution in [0.1, 0.15) is 0 Å². The van der Waals surface area contributed by atoms with Gasteiger partial charge in [0.05, 0.1) is 18.6 Å². The van der Waals surface area contributed by atoms with Crippen LogP contribution in [0.15, 0.2) is 57.9 Å². The fourth-order valence-electron chi connectivity index (χ4n) is 2.98. The first-order chi connectivity index (χ1) is 13.4. The summed E-state index contributed by atoms with van der Waals surface area (Å²) in [7, 11) is -1.94. The van der Waals surface area contributed by atoms with E-state index < -0.39 is 10.0 Å². The highest BCUT2D eigenvalue weighted by Crippen LogP contribution is 2.21. The van der Waals surface area contributed by atoms with E-state index in [1.54, 1.807) is 55.6 Å². The highest BCUT2D eigenvalue weighted by atomic mass is 79.9. The van der Waals surface area contributed by atoms with Gasteiger partial charge in [-0.05, 0) is 42.5 Å². The summed E-state index contributed by atoms with van der Waals surface area (Å²) in [6, 6.07) is 13.8. The molecule has 1 amide bonds. The molecule has 1 aliphatic rings. The summed E-state index contributed by atoms with van der Waals surface area (Å²) in [5, 5.41) is 2.84. The van der Waals surface area contributed by atoms with Gasteiger partial charge in [-0.25, -0.2) is 8.42 Å². The van der Waals surface area contributed by atoms with Gasteiger partial charge in [0.15, 0.2) is 0 Å². The van der Waals surface area contributed by atoms with Gasteiger partial charge in [-0.2, -0.15) is 4.31 Å². The number of amides is 1. The van der Waals surface area contributed by atoms with Crippen LogP contribution in [-0.4, -0.2) is 63.4 Å². The van der Waals surface area contributed by atoms with Gasteiger partial charge >= 0.3 is 0 Å². The molecule has 1 N–H and O–H groups in total. The first-order valence-corrected chi connectivity index (χ1v) is 11.0. The summed E-state index contributed by atoms with van der Waals surface area (Å²) in [6.07, 6.45) is 0. The van der Waals surface area contributed by atoms with Gasteiger partial charge in [0.2, 0.25) is 15.9 Å². The van der Waals surface area contributed by atoms with E-state index in [9.17, 15) is 13.2 Å². The zero-order valence-corrected chi connectivity index (χ0v) is 17.9. The molecule has 28 heavy (non-hydrogen) atoms. The zero-order valence-electron chi connectivity index (χ0n) is 15.5. The maximum absolute atomic E-state index is 12.8. The third-order valence-corrected chi connectivity index (χ3v) is 6.89. The third kappa shape index (κ3) is 5.11. The molecule has 9 heteroatoms. The lowest BCUT2D eigenvalue weighted by molar-refractivity contribution is -0.117. The van der Waals surface area contributed by atoms with E-state index >= 15 is 0 Å². The van der Waals surface area contributed by atoms with Crippen LogP contribution < -0.4 is 10.1 Å². The Balaban J connectivity index is 1.52. The SMILES string of the molecule is COc1ccc(NC(=O)CN2CCN(S(=O)(=O)c3cccc(Br)c3)CC2)cc1. The Morgan fingerprint density at radius 2 is 1.79 bits per heavy atom. The van der Waals surface area contributed by atoms with Crippen molar-refractivity contribution in [3.05, 3.63) is 53.0 Å². The lowest BCUT2D eigenvalue weighted by Gasteiger charge is -2.33. The number of halogens is 1. The number of carbonyl (C=O) groups is 1. The number of rotatable bonds is 6. The summed E-state index contributed by atoms with van der Waals surface area (Å²) in [5.74, 6) is 0.592. The lowest BCUT2D eigenvalue weighted by Crippen LogP contribution is -2.50. The number of nitrogens with one attached hydrogen (secondary N) is 1. The van der Waals surface area contributed by atoms with Crippen LogP contribution in [0, 0.1) is 0 Å². The van der Waals surface area contributed by atoms with E-state index in [1.807, 2.05) is 4.90 Å². The van der Waals surface area contributed by atoms with Gasteiger partial charge in [0.25, 0.3) is 0 Å². The zero-order chi connectivity index (χ0) is 20.1. The fourth-order valence-corrected chi connectivity index (χ4v) is 5.00. The van der Waals surface area contributed by atoms with Gasteiger partial charge < -0.3 is 10.1 Å². The smallest absolute Gasteiger partial charge is 0.243 e. The minimum absolute atomic E-state index is 0.131. The van der Waals surface area contributed by atoms with Crippen LogP contribution >= 0.6 is 15.9 Å². The average molecular weight is 468 g/mol. The first-order valence-electron chi connectivity index (χ1n) is 8.80. The maximum atomic E-state index is 12.8. The molecule has 7 nitrogen and oxygen atoms in total. The molecule has 0 aromatic heterocycles. The Kier molecular flexibility index (Phi) is 6.71. The number of hydrogen-bond acceptors (Lipinski definition) is 5. The highest BCUT2D eigenvalue weighted by Gasteiger charge is 2.29. The number of ether oxygens (including phenoxy) is 1. The molecule has 1 saturated heterocycles. The molecule has 0 spiro atoms. The Labute approximate surface area is 173 Å². The molecule has 1 heterocycles. The summed E-state index contributed by atoms with van der Waals surface area (Å²) < 4.78 is 32.8. The van der Waals surface area contributed by atoms with E-state index in [4.69, 9.17) is 4.74 Å². The Morgan fingerprint density at radius 3 is 2.39 bits per heavy atom. The molecule has 1 fully saturated rings. The molecule has 0 atom stereocenters. The molecule has 0 aliphatic carbocycles. The van der Waals surface area contributed by atoms with Crippen LogP contribution in [0.5, 0.6) is 5.75 Å². The average Bonchev–Trinajstić information content (AvgIpc) is 2.69.